The van der Waals surface area contributed by atoms with Crippen LogP contribution in [0.1, 0.15) is 46.7 Å². The molecule has 0 bridgehead atoms. The number of nitrogens with one attached hydrogen (secondary N) is 1. The van der Waals surface area contributed by atoms with E-state index in [1.165, 1.54) is 38.4 Å². The first kappa shape index (κ1) is 21.4. The van der Waals surface area contributed by atoms with Gasteiger partial charge in [-0.3, -0.25) is 0 Å². The molecule has 2 fully saturated rings. The van der Waals surface area contributed by atoms with Crippen LogP contribution in [0.25, 0.3) is 12.2 Å². The predicted octanol–water partition coefficient (Wildman–Crippen LogP) is 2.37. The topological polar surface area (TPSA) is 44.3 Å². The van der Waals surface area contributed by atoms with E-state index in [4.69, 9.17) is 0 Å². The Bertz CT molecular complexity index is 767. The standard InChI is InChI=1S/C20H31N5.C2H6/c1-6-9-16(25-13-20(14-25)11-24(8-3)12-20)10-18-17(7-2)15(4)22-23-19(18)21-5;1-2/h7,9-10H,6,8,11-14H2,1-5H3,(H,21,23);1-2H3/b16-9-,17-7-,18-10+;. The van der Waals surface area contributed by atoms with Crippen molar-refractivity contribution in [3.8, 4) is 0 Å². The number of hydrogen-bond donors (Lipinski definition) is 1. The fraction of sp³-hybridized carbons (Fsp3) is 0.636. The summed E-state index contributed by atoms with van der Waals surface area (Å²) in [5.74, 6) is 0.844. The Morgan fingerprint density at radius 3 is 2.30 bits per heavy atom. The molecule has 2 aliphatic heterocycles. The van der Waals surface area contributed by atoms with Crippen LogP contribution in [-0.2, 0) is 0 Å². The Hall–Kier alpha value is -1.88. The molecule has 5 nitrogen and oxygen atoms in total. The second-order valence-electron chi connectivity index (χ2n) is 7.34. The number of likely N-dealkylation sites (tertiary alicyclic amines) is 2. The molecule has 0 unspecified atom stereocenters. The van der Waals surface area contributed by atoms with Crippen molar-refractivity contribution in [1.82, 2.24) is 20.0 Å². The van der Waals surface area contributed by atoms with Crippen LogP contribution in [0.15, 0.2) is 11.8 Å². The van der Waals surface area contributed by atoms with Crippen LogP contribution in [0.5, 0.6) is 0 Å². The van der Waals surface area contributed by atoms with Crippen LogP contribution < -0.4 is 15.8 Å². The third-order valence-corrected chi connectivity index (χ3v) is 5.45. The minimum atomic E-state index is 0.536. The maximum absolute atomic E-state index is 4.33. The van der Waals surface area contributed by atoms with Gasteiger partial charge in [0.05, 0.1) is 5.69 Å². The van der Waals surface area contributed by atoms with Crippen molar-refractivity contribution >= 4 is 18.0 Å². The van der Waals surface area contributed by atoms with Crippen LogP contribution in [-0.4, -0.2) is 59.8 Å². The van der Waals surface area contributed by atoms with Crippen molar-refractivity contribution in [2.75, 3.05) is 45.1 Å². The van der Waals surface area contributed by atoms with E-state index in [9.17, 15) is 0 Å². The second-order valence-corrected chi connectivity index (χ2v) is 7.34. The molecule has 0 radical (unpaired) electrons. The van der Waals surface area contributed by atoms with Crippen molar-refractivity contribution in [2.45, 2.75) is 48.0 Å². The highest BCUT2D eigenvalue weighted by Gasteiger charge is 2.51. The van der Waals surface area contributed by atoms with Gasteiger partial charge >= 0.3 is 0 Å². The number of allylic oxidation sites excluding steroid dienone is 2. The first-order valence-corrected chi connectivity index (χ1v) is 10.4. The quantitative estimate of drug-likeness (QED) is 0.861. The minimum Gasteiger partial charge on any atom is -0.371 e. The zero-order valence-electron chi connectivity index (χ0n) is 18.3. The number of hydrogen-bond acceptors (Lipinski definition) is 5. The molecule has 1 aromatic heterocycles. The van der Waals surface area contributed by atoms with Gasteiger partial charge in [0, 0.05) is 54.8 Å². The van der Waals surface area contributed by atoms with Gasteiger partial charge in [-0.15, -0.1) is 5.10 Å². The largest absolute Gasteiger partial charge is 0.371 e. The van der Waals surface area contributed by atoms with Gasteiger partial charge in [-0.05, 0) is 32.9 Å². The number of aryl methyl sites for hydroxylation is 1. The Balaban J connectivity index is 0.00000126. The van der Waals surface area contributed by atoms with Crippen molar-refractivity contribution < 1.29 is 0 Å². The Kier molecular flexibility index (Phi) is 7.42. The van der Waals surface area contributed by atoms with Gasteiger partial charge in [0.2, 0.25) is 0 Å². The summed E-state index contributed by atoms with van der Waals surface area (Å²) in [5.41, 5.74) is 2.82. The van der Waals surface area contributed by atoms with Gasteiger partial charge in [0.15, 0.2) is 5.82 Å². The summed E-state index contributed by atoms with van der Waals surface area (Å²) in [6, 6.07) is 0. The molecule has 3 heterocycles. The summed E-state index contributed by atoms with van der Waals surface area (Å²) < 4.78 is 0. The molecule has 2 saturated heterocycles. The van der Waals surface area contributed by atoms with E-state index in [0.29, 0.717) is 5.41 Å². The highest BCUT2D eigenvalue weighted by atomic mass is 15.3. The number of aromatic nitrogens is 2. The monoisotopic (exact) mass is 371 g/mol. The smallest absolute Gasteiger partial charge is 0.156 e. The molecule has 1 spiro atoms. The Morgan fingerprint density at radius 1 is 1.11 bits per heavy atom. The zero-order valence-corrected chi connectivity index (χ0v) is 18.3. The lowest BCUT2D eigenvalue weighted by molar-refractivity contribution is -0.0958. The molecule has 1 aromatic rings. The summed E-state index contributed by atoms with van der Waals surface area (Å²) in [7, 11) is 1.91. The molecular formula is C22H37N5. The molecule has 0 saturated carbocycles. The summed E-state index contributed by atoms with van der Waals surface area (Å²) in [6.45, 7) is 18.6. The number of nitrogens with zero attached hydrogens (tertiary/aromatic N) is 4. The molecule has 0 amide bonds. The lowest BCUT2D eigenvalue weighted by Crippen LogP contribution is -2.71. The summed E-state index contributed by atoms with van der Waals surface area (Å²) in [5, 5.41) is 14.1. The van der Waals surface area contributed by atoms with Gasteiger partial charge in [-0.25, -0.2) is 0 Å². The molecule has 150 valence electrons. The lowest BCUT2D eigenvalue weighted by atomic mass is 9.72. The Morgan fingerprint density at radius 2 is 1.78 bits per heavy atom. The minimum absolute atomic E-state index is 0.536. The summed E-state index contributed by atoms with van der Waals surface area (Å²) >= 11 is 0. The molecule has 27 heavy (non-hydrogen) atoms. The zero-order chi connectivity index (χ0) is 20.0. The molecule has 0 aliphatic carbocycles. The molecular weight excluding hydrogens is 334 g/mol. The predicted molar refractivity (Wildman–Crippen MR) is 116 cm³/mol. The van der Waals surface area contributed by atoms with Crippen LogP contribution >= 0.6 is 0 Å². The molecule has 3 rings (SSSR count). The van der Waals surface area contributed by atoms with Crippen molar-refractivity contribution in [2.24, 2.45) is 5.41 Å². The van der Waals surface area contributed by atoms with E-state index in [0.717, 1.165) is 28.4 Å². The summed E-state index contributed by atoms with van der Waals surface area (Å²) in [4.78, 5) is 5.05. The molecule has 5 heteroatoms. The van der Waals surface area contributed by atoms with Crippen LogP contribution in [0, 0.1) is 12.3 Å². The molecule has 2 aliphatic rings. The van der Waals surface area contributed by atoms with E-state index in [-0.39, 0.29) is 0 Å². The number of rotatable bonds is 5. The SMILES string of the molecule is C/C=c1/c(C)nnc(NC)/c1=C/C(=C/CC)N1CC2(CN(CC)C2)C1.CC. The van der Waals surface area contributed by atoms with E-state index < -0.39 is 0 Å². The summed E-state index contributed by atoms with van der Waals surface area (Å²) in [6.07, 6.45) is 7.78. The van der Waals surface area contributed by atoms with Crippen LogP contribution in [0.3, 0.4) is 0 Å². The van der Waals surface area contributed by atoms with Gasteiger partial charge in [0.25, 0.3) is 0 Å². The fourth-order valence-corrected chi connectivity index (χ4v) is 4.16. The molecule has 0 atom stereocenters. The van der Waals surface area contributed by atoms with Crippen LogP contribution in [0.4, 0.5) is 5.82 Å². The normalized spacial score (nSPS) is 20.1. The first-order valence-electron chi connectivity index (χ1n) is 10.4. The average molecular weight is 372 g/mol. The molecule has 0 aromatic carbocycles. The highest BCUT2D eigenvalue weighted by molar-refractivity contribution is 5.54. The third kappa shape index (κ3) is 4.34. The van der Waals surface area contributed by atoms with E-state index in [2.05, 4.69) is 64.3 Å². The maximum atomic E-state index is 4.33. The highest BCUT2D eigenvalue weighted by Crippen LogP contribution is 2.41. The lowest BCUT2D eigenvalue weighted by Gasteiger charge is -2.61. The van der Waals surface area contributed by atoms with Gasteiger partial charge in [0.1, 0.15) is 0 Å². The van der Waals surface area contributed by atoms with E-state index in [1.807, 2.05) is 27.8 Å². The third-order valence-electron chi connectivity index (χ3n) is 5.45. The average Bonchev–Trinajstić information content (AvgIpc) is 2.62. The fourth-order valence-electron chi connectivity index (χ4n) is 4.16. The Labute approximate surface area is 164 Å². The van der Waals surface area contributed by atoms with Gasteiger partial charge in [-0.1, -0.05) is 39.8 Å². The van der Waals surface area contributed by atoms with E-state index >= 15 is 0 Å². The van der Waals surface area contributed by atoms with Crippen LogP contribution in [0.2, 0.25) is 0 Å². The van der Waals surface area contributed by atoms with Gasteiger partial charge in [-0.2, -0.15) is 5.10 Å². The number of anilines is 1. The van der Waals surface area contributed by atoms with Crippen molar-refractivity contribution in [3.05, 3.63) is 27.9 Å². The van der Waals surface area contributed by atoms with E-state index in [1.54, 1.807) is 0 Å². The van der Waals surface area contributed by atoms with Crippen molar-refractivity contribution in [3.63, 3.8) is 0 Å². The first-order chi connectivity index (χ1) is 13.1. The van der Waals surface area contributed by atoms with Crippen molar-refractivity contribution in [1.29, 1.82) is 0 Å². The maximum Gasteiger partial charge on any atom is 0.156 e. The molecule has 1 N–H and O–H groups in total. The second kappa shape index (κ2) is 9.36. The van der Waals surface area contributed by atoms with Gasteiger partial charge < -0.3 is 15.1 Å².